The maximum atomic E-state index is 14.3. The number of nitrogens with one attached hydrogen (secondary N) is 1. The van der Waals surface area contributed by atoms with Gasteiger partial charge in [-0.2, -0.15) is 0 Å². The van der Waals surface area contributed by atoms with Gasteiger partial charge in [0.15, 0.2) is 0 Å². The van der Waals surface area contributed by atoms with Gasteiger partial charge in [-0.15, -0.1) is 0 Å². The summed E-state index contributed by atoms with van der Waals surface area (Å²) in [5.41, 5.74) is 9.38. The maximum absolute atomic E-state index is 14.3. The summed E-state index contributed by atoms with van der Waals surface area (Å²) in [7, 11) is 2.04. The van der Waals surface area contributed by atoms with Crippen molar-refractivity contribution < 1.29 is 8.78 Å². The molecule has 0 spiro atoms. The Morgan fingerprint density at radius 3 is 2.70 bits per heavy atom. The molecule has 5 nitrogen and oxygen atoms in total. The highest BCUT2D eigenvalue weighted by molar-refractivity contribution is 6.33. The van der Waals surface area contributed by atoms with Crippen molar-refractivity contribution in [2.45, 2.75) is 0 Å². The van der Waals surface area contributed by atoms with Crippen LogP contribution in [0.5, 0.6) is 0 Å². The number of nitrogens with two attached hydrogens (primary N) is 1. The third-order valence-corrected chi connectivity index (χ3v) is 5.28. The molecule has 3 heterocycles. The van der Waals surface area contributed by atoms with Gasteiger partial charge in [0.1, 0.15) is 11.6 Å². The number of fused-ring (bicyclic) bond motifs is 1. The number of likely N-dealkylation sites (N-methyl/N-ethyl adjacent to an activating group) is 1. The van der Waals surface area contributed by atoms with Gasteiger partial charge in [-0.05, 0) is 42.4 Å². The molecule has 0 aliphatic carbocycles. The minimum atomic E-state index is -0.900. The summed E-state index contributed by atoms with van der Waals surface area (Å²) in [6.07, 6.45) is 5.14. The average Bonchev–Trinajstić information content (AvgIpc) is 3.17. The Bertz CT molecular complexity index is 1240. The SMILES string of the molecule is CN1CC=C(c2cnc3ccc(/C(=C/N)C(=N)c4cc(Cl)c(F)cc4F)nc3c2)C1. The van der Waals surface area contributed by atoms with E-state index in [2.05, 4.69) is 20.9 Å². The van der Waals surface area contributed by atoms with Crippen LogP contribution in [-0.2, 0) is 0 Å². The van der Waals surface area contributed by atoms with Gasteiger partial charge in [-0.1, -0.05) is 17.7 Å². The minimum absolute atomic E-state index is 0.161. The van der Waals surface area contributed by atoms with Crippen LogP contribution in [0.4, 0.5) is 8.78 Å². The summed E-state index contributed by atoms with van der Waals surface area (Å²) < 4.78 is 27.7. The van der Waals surface area contributed by atoms with Gasteiger partial charge in [0.2, 0.25) is 0 Å². The van der Waals surface area contributed by atoms with Gasteiger partial charge in [0.25, 0.3) is 0 Å². The highest BCUT2D eigenvalue weighted by Crippen LogP contribution is 2.27. The summed E-state index contributed by atoms with van der Waals surface area (Å²) in [6.45, 7) is 1.71. The number of hydrogen-bond acceptors (Lipinski definition) is 5. The van der Waals surface area contributed by atoms with Crippen LogP contribution in [-0.4, -0.2) is 40.7 Å². The van der Waals surface area contributed by atoms with Crippen LogP contribution in [0.3, 0.4) is 0 Å². The molecule has 1 aromatic carbocycles. The summed E-state index contributed by atoms with van der Waals surface area (Å²) in [5.74, 6) is -1.79. The molecule has 0 fully saturated rings. The molecule has 1 aliphatic rings. The third kappa shape index (κ3) is 3.69. The highest BCUT2D eigenvalue weighted by Gasteiger charge is 2.19. The Hall–Kier alpha value is -3.16. The predicted octanol–water partition coefficient (Wildman–Crippen LogP) is 4.26. The van der Waals surface area contributed by atoms with Crippen molar-refractivity contribution >= 4 is 39.5 Å². The van der Waals surface area contributed by atoms with Crippen molar-refractivity contribution in [3.05, 3.63) is 82.3 Å². The van der Waals surface area contributed by atoms with Crippen molar-refractivity contribution in [3.63, 3.8) is 0 Å². The largest absolute Gasteiger partial charge is 0.404 e. The molecule has 0 amide bonds. The molecule has 0 saturated carbocycles. The molecule has 0 radical (unpaired) electrons. The molecule has 152 valence electrons. The molecule has 3 aromatic rings. The van der Waals surface area contributed by atoms with Crippen LogP contribution in [0.2, 0.25) is 5.02 Å². The van der Waals surface area contributed by atoms with E-state index < -0.39 is 11.6 Å². The van der Waals surface area contributed by atoms with E-state index in [0.717, 1.165) is 24.7 Å². The van der Waals surface area contributed by atoms with Crippen LogP contribution in [0, 0.1) is 17.0 Å². The standard InChI is InChI=1S/C22H18ClF2N5/c1-30-5-4-12(11-30)13-6-21-20(28-10-13)3-2-19(29-21)15(9-26)22(27)14-7-16(23)18(25)8-17(14)24/h2-4,6-10,27H,5,11,26H2,1H3/b15-9-,27-22?. The zero-order valence-electron chi connectivity index (χ0n) is 16.1. The quantitative estimate of drug-likeness (QED) is 0.483. The lowest BCUT2D eigenvalue weighted by Crippen LogP contribution is -2.13. The average molecular weight is 426 g/mol. The van der Waals surface area contributed by atoms with E-state index in [4.69, 9.17) is 22.7 Å². The van der Waals surface area contributed by atoms with Crippen LogP contribution >= 0.6 is 11.6 Å². The molecular formula is C22H18ClF2N5. The second kappa shape index (κ2) is 7.93. The van der Waals surface area contributed by atoms with Gasteiger partial charge in [-0.25, -0.2) is 13.8 Å². The fourth-order valence-electron chi connectivity index (χ4n) is 3.38. The van der Waals surface area contributed by atoms with Crippen LogP contribution in [0.1, 0.15) is 16.8 Å². The summed E-state index contributed by atoms with van der Waals surface area (Å²) in [4.78, 5) is 11.2. The smallest absolute Gasteiger partial charge is 0.144 e. The number of halogens is 3. The second-order valence-electron chi connectivity index (χ2n) is 7.09. The fourth-order valence-corrected chi connectivity index (χ4v) is 3.55. The maximum Gasteiger partial charge on any atom is 0.144 e. The lowest BCUT2D eigenvalue weighted by molar-refractivity contribution is 0.438. The number of rotatable bonds is 4. The molecular weight excluding hydrogens is 408 g/mol. The molecule has 3 N–H and O–H groups in total. The number of hydrogen-bond donors (Lipinski definition) is 2. The van der Waals surface area contributed by atoms with Gasteiger partial charge in [0, 0.05) is 42.7 Å². The van der Waals surface area contributed by atoms with Gasteiger partial charge < -0.3 is 5.73 Å². The van der Waals surface area contributed by atoms with E-state index in [1.54, 1.807) is 12.1 Å². The molecule has 30 heavy (non-hydrogen) atoms. The van der Waals surface area contributed by atoms with E-state index >= 15 is 0 Å². The number of benzene rings is 1. The highest BCUT2D eigenvalue weighted by atomic mass is 35.5. The first-order chi connectivity index (χ1) is 14.4. The molecule has 2 aromatic heterocycles. The first-order valence-corrected chi connectivity index (χ1v) is 9.56. The van der Waals surface area contributed by atoms with Gasteiger partial charge in [0.05, 0.1) is 27.5 Å². The van der Waals surface area contributed by atoms with Crippen LogP contribution < -0.4 is 5.73 Å². The molecule has 0 saturated heterocycles. The molecule has 0 atom stereocenters. The topological polar surface area (TPSA) is 78.9 Å². The van der Waals surface area contributed by atoms with Crippen molar-refractivity contribution in [1.82, 2.24) is 14.9 Å². The first kappa shape index (κ1) is 20.1. The van der Waals surface area contributed by atoms with Crippen LogP contribution in [0.15, 0.2) is 48.8 Å². The summed E-state index contributed by atoms with van der Waals surface area (Å²) in [6, 6.07) is 7.08. The molecule has 1 aliphatic heterocycles. The van der Waals surface area contributed by atoms with Crippen molar-refractivity contribution in [2.24, 2.45) is 5.73 Å². The molecule has 0 unspecified atom stereocenters. The van der Waals surface area contributed by atoms with Crippen molar-refractivity contribution in [3.8, 4) is 0 Å². The normalized spacial score (nSPS) is 14.9. The Morgan fingerprint density at radius 1 is 1.20 bits per heavy atom. The Morgan fingerprint density at radius 2 is 2.00 bits per heavy atom. The zero-order valence-corrected chi connectivity index (χ0v) is 16.8. The van der Waals surface area contributed by atoms with E-state index in [-0.39, 0.29) is 21.9 Å². The number of allylic oxidation sites excluding steroid dienone is 1. The van der Waals surface area contributed by atoms with E-state index in [9.17, 15) is 8.78 Å². The van der Waals surface area contributed by atoms with Crippen LogP contribution in [0.25, 0.3) is 22.2 Å². The number of pyridine rings is 2. The minimum Gasteiger partial charge on any atom is -0.404 e. The lowest BCUT2D eigenvalue weighted by Gasteiger charge is -2.12. The first-order valence-electron chi connectivity index (χ1n) is 9.18. The fraction of sp³-hybridized carbons (Fsp3) is 0.136. The molecule has 8 heteroatoms. The van der Waals surface area contributed by atoms with E-state index in [1.165, 1.54) is 11.8 Å². The van der Waals surface area contributed by atoms with E-state index in [0.29, 0.717) is 22.8 Å². The molecule has 4 rings (SSSR count). The monoisotopic (exact) mass is 425 g/mol. The third-order valence-electron chi connectivity index (χ3n) is 4.99. The zero-order chi connectivity index (χ0) is 21.4. The predicted molar refractivity (Wildman–Crippen MR) is 115 cm³/mol. The van der Waals surface area contributed by atoms with Gasteiger partial charge in [-0.3, -0.25) is 15.3 Å². The summed E-state index contributed by atoms with van der Waals surface area (Å²) >= 11 is 5.77. The summed E-state index contributed by atoms with van der Waals surface area (Å²) in [5, 5.41) is 8.13. The second-order valence-corrected chi connectivity index (χ2v) is 7.49. The van der Waals surface area contributed by atoms with Crippen molar-refractivity contribution in [1.29, 1.82) is 5.41 Å². The Labute approximate surface area is 177 Å². The lowest BCUT2D eigenvalue weighted by atomic mass is 9.99. The number of nitrogens with zero attached hydrogens (tertiary/aromatic N) is 3. The van der Waals surface area contributed by atoms with E-state index in [1.807, 2.05) is 19.3 Å². The Balaban J connectivity index is 1.73. The van der Waals surface area contributed by atoms with Gasteiger partial charge >= 0.3 is 0 Å². The molecule has 0 bridgehead atoms. The van der Waals surface area contributed by atoms with Crippen molar-refractivity contribution in [2.75, 3.05) is 20.1 Å². The Kier molecular flexibility index (Phi) is 5.32. The number of aromatic nitrogens is 2.